The summed E-state index contributed by atoms with van der Waals surface area (Å²) < 4.78 is 40.3. The Hall–Kier alpha value is -2.12. The minimum atomic E-state index is -4.38. The van der Waals surface area contributed by atoms with E-state index in [1.54, 1.807) is 6.92 Å². The zero-order chi connectivity index (χ0) is 19.4. The van der Waals surface area contributed by atoms with Gasteiger partial charge >= 0.3 is 6.18 Å². The number of amides is 1. The van der Waals surface area contributed by atoms with Gasteiger partial charge in [0.25, 0.3) is 0 Å². The summed E-state index contributed by atoms with van der Waals surface area (Å²) in [6, 6.07) is 11.8. The van der Waals surface area contributed by atoms with Crippen molar-refractivity contribution in [3.63, 3.8) is 0 Å². The molecule has 1 aliphatic heterocycles. The van der Waals surface area contributed by atoms with Gasteiger partial charge in [-0.05, 0) is 23.3 Å². The van der Waals surface area contributed by atoms with Crippen molar-refractivity contribution in [3.05, 3.63) is 48.0 Å². The van der Waals surface area contributed by atoms with Crippen LogP contribution in [0, 0.1) is 0 Å². The van der Waals surface area contributed by atoms with Crippen molar-refractivity contribution >= 4 is 16.7 Å². The molecule has 0 saturated carbocycles. The Kier molecular flexibility index (Phi) is 6.01. The summed E-state index contributed by atoms with van der Waals surface area (Å²) in [6.45, 7) is 2.97. The Morgan fingerprint density at radius 2 is 1.81 bits per heavy atom. The topological polar surface area (TPSA) is 44.4 Å². The molecule has 3 rings (SSSR count). The average Bonchev–Trinajstić information content (AvgIpc) is 2.66. The second-order valence-electron chi connectivity index (χ2n) is 6.92. The first kappa shape index (κ1) is 19.6. The first-order valence-corrected chi connectivity index (χ1v) is 9.14. The molecule has 4 nitrogen and oxygen atoms in total. The number of nitrogens with one attached hydrogen (secondary N) is 2. The normalized spacial score (nSPS) is 18.2. The van der Waals surface area contributed by atoms with Gasteiger partial charge in [-0.15, -0.1) is 0 Å². The van der Waals surface area contributed by atoms with Crippen molar-refractivity contribution in [2.45, 2.75) is 25.1 Å². The predicted molar refractivity (Wildman–Crippen MR) is 99.7 cm³/mol. The van der Waals surface area contributed by atoms with E-state index in [1.807, 2.05) is 42.5 Å². The van der Waals surface area contributed by atoms with Crippen molar-refractivity contribution in [2.75, 3.05) is 32.7 Å². The van der Waals surface area contributed by atoms with Crippen molar-refractivity contribution < 1.29 is 18.0 Å². The lowest BCUT2D eigenvalue weighted by Crippen LogP contribution is -2.57. The molecule has 27 heavy (non-hydrogen) atoms. The minimum absolute atomic E-state index is 0.320. The summed E-state index contributed by atoms with van der Waals surface area (Å²) in [5, 5.41) is 7.62. The molecule has 1 aliphatic rings. The Labute approximate surface area is 156 Å². The summed E-state index contributed by atoms with van der Waals surface area (Å²) in [6.07, 6.45) is -4.38. The molecular formula is C20H24F3N3O. The van der Waals surface area contributed by atoms with Gasteiger partial charge in [0, 0.05) is 32.7 Å². The molecular weight excluding hydrogens is 355 g/mol. The number of rotatable bonds is 5. The Bertz CT molecular complexity index is 787. The highest BCUT2D eigenvalue weighted by Gasteiger charge is 2.43. The highest BCUT2D eigenvalue weighted by atomic mass is 19.4. The quantitative estimate of drug-likeness (QED) is 0.840. The van der Waals surface area contributed by atoms with Crippen LogP contribution in [0.1, 0.15) is 18.4 Å². The molecule has 0 bridgehead atoms. The molecule has 7 heteroatoms. The molecule has 2 N–H and O–H groups in total. The van der Waals surface area contributed by atoms with E-state index in [0.29, 0.717) is 26.2 Å². The maximum absolute atomic E-state index is 13.4. The molecule has 1 heterocycles. The predicted octanol–water partition coefficient (Wildman–Crippen LogP) is 2.90. The van der Waals surface area contributed by atoms with Crippen LogP contribution in [0.3, 0.4) is 0 Å². The van der Waals surface area contributed by atoms with Crippen LogP contribution < -0.4 is 10.6 Å². The van der Waals surface area contributed by atoms with Crippen LogP contribution in [-0.4, -0.2) is 55.7 Å². The Balaban J connectivity index is 1.66. The van der Waals surface area contributed by atoms with Gasteiger partial charge in [0.1, 0.15) is 6.04 Å². The van der Waals surface area contributed by atoms with E-state index in [2.05, 4.69) is 10.6 Å². The molecule has 0 spiro atoms. The van der Waals surface area contributed by atoms with Gasteiger partial charge in [-0.3, -0.25) is 9.69 Å². The molecule has 2 unspecified atom stereocenters. The number of nitrogens with zero attached hydrogens (tertiary/aromatic N) is 1. The molecule has 0 aliphatic carbocycles. The lowest BCUT2D eigenvalue weighted by molar-refractivity contribution is -0.184. The number of hydrogen-bond donors (Lipinski definition) is 2. The zero-order valence-corrected chi connectivity index (χ0v) is 15.2. The molecule has 0 radical (unpaired) electrons. The minimum Gasteiger partial charge on any atom is -0.354 e. The molecule has 2 aromatic rings. The van der Waals surface area contributed by atoms with Crippen LogP contribution in [0.25, 0.3) is 10.8 Å². The molecule has 0 aromatic heterocycles. The first-order valence-electron chi connectivity index (χ1n) is 9.14. The lowest BCUT2D eigenvalue weighted by Gasteiger charge is -2.36. The summed E-state index contributed by atoms with van der Waals surface area (Å²) in [5.41, 5.74) is 0.789. The fraction of sp³-hybridized carbons (Fsp3) is 0.450. The van der Waals surface area contributed by atoms with Crippen LogP contribution in [0.2, 0.25) is 0 Å². The third kappa shape index (κ3) is 4.78. The molecule has 1 saturated heterocycles. The van der Waals surface area contributed by atoms with E-state index in [4.69, 9.17) is 0 Å². The van der Waals surface area contributed by atoms with Crippen LogP contribution in [0.15, 0.2) is 42.5 Å². The highest BCUT2D eigenvalue weighted by Crippen LogP contribution is 2.26. The third-order valence-electron chi connectivity index (χ3n) is 5.11. The average molecular weight is 379 g/mol. The van der Waals surface area contributed by atoms with Crippen molar-refractivity contribution in [2.24, 2.45) is 0 Å². The summed E-state index contributed by atoms with van der Waals surface area (Å²) in [7, 11) is 0. The second-order valence-corrected chi connectivity index (χ2v) is 6.92. The van der Waals surface area contributed by atoms with Crippen LogP contribution in [0.4, 0.5) is 13.2 Å². The molecule has 146 valence electrons. The fourth-order valence-electron chi connectivity index (χ4n) is 3.42. The first-order chi connectivity index (χ1) is 12.9. The second kappa shape index (κ2) is 8.27. The summed E-state index contributed by atoms with van der Waals surface area (Å²) in [4.78, 5) is 13.9. The van der Waals surface area contributed by atoms with E-state index in [1.165, 1.54) is 4.90 Å². The molecule has 1 amide bonds. The maximum atomic E-state index is 13.4. The van der Waals surface area contributed by atoms with E-state index in [-0.39, 0.29) is 0 Å². The SMILES string of the molecule is CC(C(=O)NCC(N1CCNCC1)C(F)(F)F)c1ccc2ccccc2c1. The number of benzene rings is 2. The number of hydrogen-bond acceptors (Lipinski definition) is 3. The smallest absolute Gasteiger partial charge is 0.354 e. The van der Waals surface area contributed by atoms with Crippen molar-refractivity contribution in [1.82, 2.24) is 15.5 Å². The van der Waals surface area contributed by atoms with Crippen LogP contribution >= 0.6 is 0 Å². The van der Waals surface area contributed by atoms with Gasteiger partial charge in [0.2, 0.25) is 5.91 Å². The number of carbonyl (C=O) groups is 1. The van der Waals surface area contributed by atoms with Gasteiger partial charge < -0.3 is 10.6 Å². The summed E-state index contributed by atoms with van der Waals surface area (Å²) in [5.74, 6) is -0.916. The van der Waals surface area contributed by atoms with Gasteiger partial charge in [-0.2, -0.15) is 13.2 Å². The third-order valence-corrected chi connectivity index (χ3v) is 5.11. The Morgan fingerprint density at radius 1 is 1.15 bits per heavy atom. The number of halogens is 3. The van der Waals surface area contributed by atoms with E-state index < -0.39 is 30.6 Å². The fourth-order valence-corrected chi connectivity index (χ4v) is 3.42. The molecule has 2 atom stereocenters. The van der Waals surface area contributed by atoms with Crippen LogP contribution in [0.5, 0.6) is 0 Å². The zero-order valence-electron chi connectivity index (χ0n) is 15.2. The largest absolute Gasteiger partial charge is 0.405 e. The van der Waals surface area contributed by atoms with E-state index >= 15 is 0 Å². The Morgan fingerprint density at radius 3 is 2.48 bits per heavy atom. The van der Waals surface area contributed by atoms with Gasteiger partial charge in [-0.25, -0.2) is 0 Å². The number of fused-ring (bicyclic) bond motifs is 1. The van der Waals surface area contributed by atoms with Crippen molar-refractivity contribution in [3.8, 4) is 0 Å². The molecule has 2 aromatic carbocycles. The van der Waals surface area contributed by atoms with Crippen LogP contribution in [-0.2, 0) is 4.79 Å². The summed E-state index contributed by atoms with van der Waals surface area (Å²) >= 11 is 0. The lowest BCUT2D eigenvalue weighted by atomic mass is 9.97. The van der Waals surface area contributed by atoms with Crippen molar-refractivity contribution in [1.29, 1.82) is 0 Å². The molecule has 1 fully saturated rings. The maximum Gasteiger partial charge on any atom is 0.405 e. The van der Waals surface area contributed by atoms with Gasteiger partial charge in [0.15, 0.2) is 0 Å². The van der Waals surface area contributed by atoms with Gasteiger partial charge in [-0.1, -0.05) is 42.5 Å². The number of piperazine rings is 1. The monoisotopic (exact) mass is 379 g/mol. The van der Waals surface area contributed by atoms with E-state index in [9.17, 15) is 18.0 Å². The number of alkyl halides is 3. The van der Waals surface area contributed by atoms with Gasteiger partial charge in [0.05, 0.1) is 5.92 Å². The highest BCUT2D eigenvalue weighted by molar-refractivity contribution is 5.87. The standard InChI is InChI=1S/C20H24F3N3O/c1-14(16-7-6-15-4-2-3-5-17(15)12-16)19(27)25-13-18(20(21,22)23)26-10-8-24-9-11-26/h2-7,12,14,18,24H,8-11,13H2,1H3,(H,25,27). The number of carbonyl (C=O) groups excluding carboxylic acids is 1. The van der Waals surface area contributed by atoms with E-state index in [0.717, 1.165) is 16.3 Å².